The summed E-state index contributed by atoms with van der Waals surface area (Å²) in [5, 5.41) is 0.470. The van der Waals surface area contributed by atoms with Crippen LogP contribution in [-0.4, -0.2) is 29.2 Å². The molecule has 1 aliphatic heterocycles. The van der Waals surface area contributed by atoms with Crippen molar-refractivity contribution >= 4 is 63.2 Å². The van der Waals surface area contributed by atoms with Gasteiger partial charge in [-0.1, -0.05) is 49.1 Å². The van der Waals surface area contributed by atoms with Crippen molar-refractivity contribution < 1.29 is 19.1 Å². The molecule has 8 heteroatoms. The summed E-state index contributed by atoms with van der Waals surface area (Å²) < 4.78 is 12.8. The number of ether oxygens (including phenoxy) is 2. The summed E-state index contributed by atoms with van der Waals surface area (Å²) in [6.45, 7) is 3.22. The predicted molar refractivity (Wildman–Crippen MR) is 145 cm³/mol. The first-order chi connectivity index (χ1) is 16.5. The van der Waals surface area contributed by atoms with Crippen LogP contribution >= 0.6 is 46.0 Å². The van der Waals surface area contributed by atoms with Gasteiger partial charge in [-0.15, -0.1) is 0 Å². The third-order valence-electron chi connectivity index (χ3n) is 6.00. The lowest BCUT2D eigenvalue weighted by Gasteiger charge is -2.25. The quantitative estimate of drug-likeness (QED) is 0.228. The number of rotatable bonds is 8. The van der Waals surface area contributed by atoms with Crippen molar-refractivity contribution in [3.63, 3.8) is 0 Å². The van der Waals surface area contributed by atoms with E-state index in [1.807, 2.05) is 43.3 Å². The zero-order valence-electron chi connectivity index (χ0n) is 19.0. The molecule has 0 unspecified atom stereocenters. The maximum absolute atomic E-state index is 13.0. The topological polar surface area (TPSA) is 55.8 Å². The van der Waals surface area contributed by atoms with Gasteiger partial charge in [0, 0.05) is 17.1 Å². The number of nitrogens with zero attached hydrogens (tertiary/aromatic N) is 1. The van der Waals surface area contributed by atoms with E-state index >= 15 is 0 Å². The number of thioether (sulfide) groups is 1. The van der Waals surface area contributed by atoms with E-state index < -0.39 is 0 Å². The molecule has 0 radical (unpaired) electrons. The second-order valence-corrected chi connectivity index (χ2v) is 11.0. The number of carbonyl (C=O) groups is 2. The standard InChI is InChI=1S/C26H27ClINO4S/c1-2-32-22-13-18(12-21(28)24(22)33-16-19-10-6-7-11-20(19)27)14-23-25(30)29(26(31)34-23)15-17-8-4-3-5-9-17/h6-7,10-14,17H,2-5,8-9,15-16H2,1H3/b23-14+. The third-order valence-corrected chi connectivity index (χ3v) is 8.08. The molecule has 1 saturated carbocycles. The summed E-state index contributed by atoms with van der Waals surface area (Å²) in [4.78, 5) is 27.4. The summed E-state index contributed by atoms with van der Waals surface area (Å²) in [6, 6.07) is 11.3. The molecule has 0 bridgehead atoms. The molecule has 34 heavy (non-hydrogen) atoms. The second-order valence-electron chi connectivity index (χ2n) is 8.44. The Kier molecular flexibility index (Phi) is 8.82. The third kappa shape index (κ3) is 6.10. The lowest BCUT2D eigenvalue weighted by atomic mass is 9.89. The van der Waals surface area contributed by atoms with Gasteiger partial charge in [0.15, 0.2) is 11.5 Å². The molecule has 1 aliphatic carbocycles. The van der Waals surface area contributed by atoms with E-state index in [1.54, 1.807) is 6.08 Å². The van der Waals surface area contributed by atoms with Gasteiger partial charge < -0.3 is 9.47 Å². The number of carbonyl (C=O) groups excluding carboxylic acids is 2. The van der Waals surface area contributed by atoms with E-state index in [9.17, 15) is 9.59 Å². The van der Waals surface area contributed by atoms with Crippen molar-refractivity contribution in [2.45, 2.75) is 45.6 Å². The lowest BCUT2D eigenvalue weighted by molar-refractivity contribution is -0.123. The van der Waals surface area contributed by atoms with Crippen LogP contribution in [0, 0.1) is 9.49 Å². The van der Waals surface area contributed by atoms with Gasteiger partial charge in [-0.2, -0.15) is 0 Å². The Morgan fingerprint density at radius 3 is 2.65 bits per heavy atom. The number of imide groups is 1. The summed E-state index contributed by atoms with van der Waals surface area (Å²) in [5.41, 5.74) is 1.68. The van der Waals surface area contributed by atoms with Crippen LogP contribution in [0.1, 0.15) is 50.2 Å². The van der Waals surface area contributed by atoms with Gasteiger partial charge in [-0.25, -0.2) is 0 Å². The molecule has 0 spiro atoms. The maximum atomic E-state index is 13.0. The molecule has 2 aliphatic rings. The number of hydrogen-bond donors (Lipinski definition) is 0. The van der Waals surface area contributed by atoms with Crippen molar-refractivity contribution in [3.05, 3.63) is 61.0 Å². The minimum atomic E-state index is -0.201. The Labute approximate surface area is 223 Å². The fraction of sp³-hybridized carbons (Fsp3) is 0.385. The van der Waals surface area contributed by atoms with Crippen LogP contribution < -0.4 is 9.47 Å². The fourth-order valence-electron chi connectivity index (χ4n) is 4.28. The van der Waals surface area contributed by atoms with Crippen LogP contribution in [0.15, 0.2) is 41.3 Å². The molecule has 180 valence electrons. The van der Waals surface area contributed by atoms with Gasteiger partial charge in [0.2, 0.25) is 0 Å². The second kappa shape index (κ2) is 11.8. The molecule has 0 N–H and O–H groups in total. The first-order valence-electron chi connectivity index (χ1n) is 11.5. The molecule has 4 rings (SSSR count). The molecule has 0 atom stereocenters. The van der Waals surface area contributed by atoms with Crippen molar-refractivity contribution in [1.82, 2.24) is 4.90 Å². The van der Waals surface area contributed by atoms with Crippen molar-refractivity contribution in [3.8, 4) is 11.5 Å². The Bertz CT molecular complexity index is 1100. The zero-order valence-corrected chi connectivity index (χ0v) is 22.7. The fourth-order valence-corrected chi connectivity index (χ4v) is 6.10. The molecule has 0 aromatic heterocycles. The van der Waals surface area contributed by atoms with Crippen molar-refractivity contribution in [1.29, 1.82) is 0 Å². The zero-order chi connectivity index (χ0) is 24.1. The number of hydrogen-bond acceptors (Lipinski definition) is 5. The first-order valence-corrected chi connectivity index (χ1v) is 13.8. The molecule has 2 aromatic rings. The Hall–Kier alpha value is -1.71. The summed E-state index contributed by atoms with van der Waals surface area (Å²) >= 11 is 9.48. The lowest BCUT2D eigenvalue weighted by Crippen LogP contribution is -2.34. The van der Waals surface area contributed by atoms with E-state index in [4.69, 9.17) is 21.1 Å². The monoisotopic (exact) mass is 611 g/mol. The molecule has 1 saturated heterocycles. The van der Waals surface area contributed by atoms with E-state index in [1.165, 1.54) is 24.2 Å². The van der Waals surface area contributed by atoms with Gasteiger partial charge in [-0.05, 0) is 89.9 Å². The van der Waals surface area contributed by atoms with Crippen LogP contribution in [0.25, 0.3) is 6.08 Å². The van der Waals surface area contributed by atoms with Gasteiger partial charge in [0.25, 0.3) is 11.1 Å². The highest BCUT2D eigenvalue weighted by Crippen LogP contribution is 2.39. The molecule has 1 heterocycles. The number of amides is 2. The highest BCUT2D eigenvalue weighted by Gasteiger charge is 2.36. The average molecular weight is 612 g/mol. The van der Waals surface area contributed by atoms with Gasteiger partial charge >= 0.3 is 0 Å². The van der Waals surface area contributed by atoms with Gasteiger partial charge in [-0.3, -0.25) is 14.5 Å². The highest BCUT2D eigenvalue weighted by atomic mass is 127. The van der Waals surface area contributed by atoms with Crippen LogP contribution in [0.2, 0.25) is 5.02 Å². The van der Waals surface area contributed by atoms with Crippen LogP contribution in [0.5, 0.6) is 11.5 Å². The first kappa shape index (κ1) is 25.4. The molecular formula is C26H27ClINO4S. The average Bonchev–Trinajstić information content (AvgIpc) is 3.08. The Morgan fingerprint density at radius 2 is 1.91 bits per heavy atom. The smallest absolute Gasteiger partial charge is 0.293 e. The Morgan fingerprint density at radius 1 is 1.15 bits per heavy atom. The van der Waals surface area contributed by atoms with Crippen LogP contribution in [-0.2, 0) is 11.4 Å². The highest BCUT2D eigenvalue weighted by molar-refractivity contribution is 14.1. The molecule has 2 fully saturated rings. The van der Waals surface area contributed by atoms with Crippen molar-refractivity contribution in [2.24, 2.45) is 5.92 Å². The largest absolute Gasteiger partial charge is 0.490 e. The summed E-state index contributed by atoms with van der Waals surface area (Å²) in [5.74, 6) is 1.44. The number of halogens is 2. The predicted octanol–water partition coefficient (Wildman–Crippen LogP) is 7.54. The molecule has 2 amide bonds. The SMILES string of the molecule is CCOc1cc(/C=C2/SC(=O)N(CC3CCCCC3)C2=O)cc(I)c1OCc1ccccc1Cl. The van der Waals surface area contributed by atoms with E-state index in [-0.39, 0.29) is 11.1 Å². The van der Waals surface area contributed by atoms with Crippen LogP contribution in [0.4, 0.5) is 4.79 Å². The number of benzene rings is 2. The van der Waals surface area contributed by atoms with Crippen LogP contribution in [0.3, 0.4) is 0 Å². The molecule has 5 nitrogen and oxygen atoms in total. The summed E-state index contributed by atoms with van der Waals surface area (Å²) in [6.07, 6.45) is 7.56. The molecular weight excluding hydrogens is 585 g/mol. The van der Waals surface area contributed by atoms with Crippen molar-refractivity contribution in [2.75, 3.05) is 13.2 Å². The Balaban J connectivity index is 1.53. The normalized spacial score (nSPS) is 18.1. The van der Waals surface area contributed by atoms with E-state index in [0.29, 0.717) is 47.1 Å². The molecule has 2 aromatic carbocycles. The minimum Gasteiger partial charge on any atom is -0.490 e. The van der Waals surface area contributed by atoms with E-state index in [0.717, 1.165) is 39.3 Å². The summed E-state index contributed by atoms with van der Waals surface area (Å²) in [7, 11) is 0. The van der Waals surface area contributed by atoms with E-state index in [2.05, 4.69) is 22.6 Å². The maximum Gasteiger partial charge on any atom is 0.293 e. The van der Waals surface area contributed by atoms with Gasteiger partial charge in [0.1, 0.15) is 6.61 Å². The van der Waals surface area contributed by atoms with Gasteiger partial charge in [0.05, 0.1) is 15.1 Å². The minimum absolute atomic E-state index is 0.179.